The van der Waals surface area contributed by atoms with Crippen molar-refractivity contribution >= 4 is 0 Å². The molecule has 0 amide bonds. The molecule has 1 aromatic rings. The van der Waals surface area contributed by atoms with Gasteiger partial charge in [-0.15, -0.1) is 0 Å². The summed E-state index contributed by atoms with van der Waals surface area (Å²) in [6.45, 7) is 8.24. The highest BCUT2D eigenvalue weighted by Crippen LogP contribution is 1.98. The van der Waals surface area contributed by atoms with Crippen LogP contribution in [0.3, 0.4) is 0 Å². The van der Waals surface area contributed by atoms with Gasteiger partial charge in [0, 0.05) is 18.9 Å². The maximum atomic E-state index is 4.16. The number of nitrogens with one attached hydrogen (secondary N) is 1. The molecule has 3 nitrogen and oxygen atoms in total. The fourth-order valence-electron chi connectivity index (χ4n) is 1.22. The highest BCUT2D eigenvalue weighted by atomic mass is 15.0. The standard InChI is InChI=1S/C9H17N3.C2H6/c1-9-11-6-8-12(9)7-4-3-5-10-2;1-2/h6,8,10H,3-5,7H2,1-2H3;1-2H3. The van der Waals surface area contributed by atoms with Gasteiger partial charge in [0.1, 0.15) is 5.82 Å². The minimum atomic E-state index is 1.09. The zero-order chi connectivity index (χ0) is 10.8. The molecule has 3 heteroatoms. The molecule has 1 rings (SSSR count). The molecule has 0 aliphatic rings. The molecule has 0 unspecified atom stereocenters. The summed E-state index contributed by atoms with van der Waals surface area (Å²) in [6.07, 6.45) is 6.34. The van der Waals surface area contributed by atoms with Gasteiger partial charge in [-0.05, 0) is 33.4 Å². The van der Waals surface area contributed by atoms with Gasteiger partial charge in [0.2, 0.25) is 0 Å². The van der Waals surface area contributed by atoms with Crippen molar-refractivity contribution in [2.24, 2.45) is 0 Å². The van der Waals surface area contributed by atoms with E-state index in [9.17, 15) is 0 Å². The molecule has 14 heavy (non-hydrogen) atoms. The minimum absolute atomic E-state index is 1.09. The summed E-state index contributed by atoms with van der Waals surface area (Å²) in [6, 6.07) is 0. The largest absolute Gasteiger partial charge is 0.335 e. The van der Waals surface area contributed by atoms with Crippen LogP contribution in [0.5, 0.6) is 0 Å². The van der Waals surface area contributed by atoms with Crippen molar-refractivity contribution in [1.82, 2.24) is 14.9 Å². The monoisotopic (exact) mass is 197 g/mol. The highest BCUT2D eigenvalue weighted by molar-refractivity contribution is 4.87. The Morgan fingerprint density at radius 1 is 1.36 bits per heavy atom. The smallest absolute Gasteiger partial charge is 0.105 e. The van der Waals surface area contributed by atoms with Crippen molar-refractivity contribution in [2.75, 3.05) is 13.6 Å². The molecule has 0 aliphatic carbocycles. The van der Waals surface area contributed by atoms with Crippen LogP contribution in [-0.4, -0.2) is 23.1 Å². The van der Waals surface area contributed by atoms with Gasteiger partial charge in [-0.25, -0.2) is 4.98 Å². The summed E-state index contributed by atoms with van der Waals surface area (Å²) < 4.78 is 2.19. The van der Waals surface area contributed by atoms with Crippen molar-refractivity contribution in [2.45, 2.75) is 40.2 Å². The predicted molar refractivity (Wildman–Crippen MR) is 61.5 cm³/mol. The van der Waals surface area contributed by atoms with Gasteiger partial charge in [-0.3, -0.25) is 0 Å². The number of aromatic nitrogens is 2. The molecule has 0 bridgehead atoms. The summed E-state index contributed by atoms with van der Waals surface area (Å²) in [5.74, 6) is 1.11. The molecular formula is C11H23N3. The lowest BCUT2D eigenvalue weighted by Gasteiger charge is -2.03. The van der Waals surface area contributed by atoms with Crippen LogP contribution in [0.4, 0.5) is 0 Å². The molecule has 0 saturated heterocycles. The van der Waals surface area contributed by atoms with Gasteiger partial charge < -0.3 is 9.88 Å². The summed E-state index contributed by atoms with van der Waals surface area (Å²) in [5, 5.41) is 3.14. The Balaban J connectivity index is 0.000000791. The molecule has 0 fully saturated rings. The maximum Gasteiger partial charge on any atom is 0.105 e. The average molecular weight is 197 g/mol. The highest BCUT2D eigenvalue weighted by Gasteiger charge is 1.94. The number of imidazole rings is 1. The zero-order valence-electron chi connectivity index (χ0n) is 9.88. The third-order valence-electron chi connectivity index (χ3n) is 2.00. The second kappa shape index (κ2) is 8.75. The van der Waals surface area contributed by atoms with Gasteiger partial charge in [-0.2, -0.15) is 0 Å². The van der Waals surface area contributed by atoms with Crippen LogP contribution in [0.1, 0.15) is 32.5 Å². The van der Waals surface area contributed by atoms with Crippen LogP contribution in [0.2, 0.25) is 0 Å². The SMILES string of the molecule is CC.CNCCCCn1ccnc1C. The Morgan fingerprint density at radius 2 is 2.07 bits per heavy atom. The number of rotatable bonds is 5. The van der Waals surface area contributed by atoms with Crippen molar-refractivity contribution in [3.8, 4) is 0 Å². The maximum absolute atomic E-state index is 4.16. The summed E-state index contributed by atoms with van der Waals surface area (Å²) >= 11 is 0. The molecular weight excluding hydrogens is 174 g/mol. The number of hydrogen-bond acceptors (Lipinski definition) is 2. The molecule has 1 aromatic heterocycles. The predicted octanol–water partition coefficient (Wildman–Crippen LogP) is 2.22. The van der Waals surface area contributed by atoms with E-state index < -0.39 is 0 Å². The third-order valence-corrected chi connectivity index (χ3v) is 2.00. The Bertz CT molecular complexity index is 218. The fourth-order valence-corrected chi connectivity index (χ4v) is 1.22. The topological polar surface area (TPSA) is 29.9 Å². The van der Waals surface area contributed by atoms with E-state index in [-0.39, 0.29) is 0 Å². The Kier molecular flexibility index (Phi) is 8.24. The average Bonchev–Trinajstić information content (AvgIpc) is 2.62. The first-order valence-corrected chi connectivity index (χ1v) is 5.47. The molecule has 0 aromatic carbocycles. The van der Waals surface area contributed by atoms with Crippen molar-refractivity contribution in [1.29, 1.82) is 0 Å². The van der Waals surface area contributed by atoms with E-state index in [1.54, 1.807) is 0 Å². The van der Waals surface area contributed by atoms with Crippen molar-refractivity contribution in [3.05, 3.63) is 18.2 Å². The van der Waals surface area contributed by atoms with Gasteiger partial charge in [0.05, 0.1) is 0 Å². The van der Waals surface area contributed by atoms with E-state index in [1.165, 1.54) is 12.8 Å². The Hall–Kier alpha value is -0.830. The van der Waals surface area contributed by atoms with E-state index in [0.717, 1.165) is 18.9 Å². The lowest BCUT2D eigenvalue weighted by Crippen LogP contribution is -2.09. The van der Waals surface area contributed by atoms with E-state index in [4.69, 9.17) is 0 Å². The zero-order valence-corrected chi connectivity index (χ0v) is 9.88. The van der Waals surface area contributed by atoms with E-state index in [2.05, 4.69) is 14.9 Å². The Labute approximate surface area is 87.5 Å². The fraction of sp³-hybridized carbons (Fsp3) is 0.727. The normalized spacial score (nSPS) is 9.43. The molecule has 0 aliphatic heterocycles. The second-order valence-corrected chi connectivity index (χ2v) is 2.98. The van der Waals surface area contributed by atoms with E-state index in [0.29, 0.717) is 0 Å². The van der Waals surface area contributed by atoms with Crippen LogP contribution < -0.4 is 5.32 Å². The first-order valence-electron chi connectivity index (χ1n) is 5.47. The minimum Gasteiger partial charge on any atom is -0.335 e. The number of aryl methyl sites for hydroxylation is 2. The summed E-state index contributed by atoms with van der Waals surface area (Å²) in [5.41, 5.74) is 0. The molecule has 1 N–H and O–H groups in total. The Morgan fingerprint density at radius 3 is 2.57 bits per heavy atom. The van der Waals surface area contributed by atoms with E-state index in [1.807, 2.05) is 40.2 Å². The first-order chi connectivity index (χ1) is 6.84. The molecule has 1 heterocycles. The van der Waals surface area contributed by atoms with Crippen LogP contribution in [-0.2, 0) is 6.54 Å². The second-order valence-electron chi connectivity index (χ2n) is 2.98. The van der Waals surface area contributed by atoms with Crippen LogP contribution in [0, 0.1) is 6.92 Å². The number of nitrogens with zero attached hydrogens (tertiary/aromatic N) is 2. The molecule has 0 spiro atoms. The van der Waals surface area contributed by atoms with Crippen LogP contribution in [0.25, 0.3) is 0 Å². The summed E-state index contributed by atoms with van der Waals surface area (Å²) in [4.78, 5) is 4.16. The first kappa shape index (κ1) is 13.2. The van der Waals surface area contributed by atoms with Gasteiger partial charge in [0.15, 0.2) is 0 Å². The molecule has 0 saturated carbocycles. The molecule has 0 atom stereocenters. The van der Waals surface area contributed by atoms with Crippen LogP contribution >= 0.6 is 0 Å². The lowest BCUT2D eigenvalue weighted by atomic mass is 10.3. The van der Waals surface area contributed by atoms with Crippen molar-refractivity contribution in [3.63, 3.8) is 0 Å². The lowest BCUT2D eigenvalue weighted by molar-refractivity contribution is 0.581. The van der Waals surface area contributed by atoms with Gasteiger partial charge in [-0.1, -0.05) is 13.8 Å². The van der Waals surface area contributed by atoms with Crippen molar-refractivity contribution < 1.29 is 0 Å². The number of hydrogen-bond donors (Lipinski definition) is 1. The van der Waals surface area contributed by atoms with E-state index >= 15 is 0 Å². The molecule has 82 valence electrons. The third kappa shape index (κ3) is 5.02. The quantitative estimate of drug-likeness (QED) is 0.733. The van der Waals surface area contributed by atoms with Crippen LogP contribution in [0.15, 0.2) is 12.4 Å². The number of unbranched alkanes of at least 4 members (excludes halogenated alkanes) is 1. The van der Waals surface area contributed by atoms with Gasteiger partial charge in [0.25, 0.3) is 0 Å². The van der Waals surface area contributed by atoms with Gasteiger partial charge >= 0.3 is 0 Å². The summed E-state index contributed by atoms with van der Waals surface area (Å²) in [7, 11) is 1.99. The molecule has 0 radical (unpaired) electrons.